The summed E-state index contributed by atoms with van der Waals surface area (Å²) in [4.78, 5) is 10.5. The average molecular weight is 179 g/mol. The van der Waals surface area contributed by atoms with Crippen LogP contribution in [0.1, 0.15) is 6.92 Å². The summed E-state index contributed by atoms with van der Waals surface area (Å²) in [5.41, 5.74) is 0. The van der Waals surface area contributed by atoms with E-state index in [0.717, 1.165) is 13.1 Å². The summed E-state index contributed by atoms with van der Waals surface area (Å²) in [6.07, 6.45) is 1.27. The van der Waals surface area contributed by atoms with Crippen LogP contribution in [-0.4, -0.2) is 25.5 Å². The molecule has 3 nitrogen and oxygen atoms in total. The Labute approximate surface area is 73.7 Å². The maximum Gasteiger partial charge on any atom is 0.243 e. The summed E-state index contributed by atoms with van der Waals surface area (Å²) in [5, 5.41) is 5.73. The van der Waals surface area contributed by atoms with Gasteiger partial charge in [-0.2, -0.15) is 0 Å². The third kappa shape index (κ3) is 9.46. The second-order valence-corrected chi connectivity index (χ2v) is 1.85. The molecule has 66 valence electrons. The highest BCUT2D eigenvalue weighted by atomic mass is 35.5. The Hall–Kier alpha value is -0.540. The number of nitrogens with one attached hydrogen (secondary N) is 2. The van der Waals surface area contributed by atoms with Gasteiger partial charge in [0, 0.05) is 13.1 Å². The minimum atomic E-state index is -0.113. The molecule has 0 bridgehead atoms. The fourth-order valence-electron chi connectivity index (χ4n) is 0.523. The van der Waals surface area contributed by atoms with Crippen molar-refractivity contribution in [1.82, 2.24) is 10.6 Å². The van der Waals surface area contributed by atoms with Gasteiger partial charge >= 0.3 is 0 Å². The molecular formula is C7H15ClN2O. The predicted molar refractivity (Wildman–Crippen MR) is 49.0 cm³/mol. The molecule has 0 unspecified atom stereocenters. The van der Waals surface area contributed by atoms with Crippen molar-refractivity contribution >= 4 is 18.3 Å². The predicted octanol–water partition coefficient (Wildman–Crippen LogP) is 0.320. The van der Waals surface area contributed by atoms with Crippen molar-refractivity contribution in [2.24, 2.45) is 0 Å². The van der Waals surface area contributed by atoms with Crippen LogP contribution in [0.5, 0.6) is 0 Å². The second-order valence-electron chi connectivity index (χ2n) is 1.85. The third-order valence-electron chi connectivity index (χ3n) is 1.04. The van der Waals surface area contributed by atoms with Crippen LogP contribution >= 0.6 is 12.4 Å². The van der Waals surface area contributed by atoms with Crippen LogP contribution in [0.15, 0.2) is 12.7 Å². The van der Waals surface area contributed by atoms with Crippen LogP contribution < -0.4 is 10.6 Å². The lowest BCUT2D eigenvalue weighted by molar-refractivity contribution is -0.116. The van der Waals surface area contributed by atoms with E-state index < -0.39 is 0 Å². The Morgan fingerprint density at radius 1 is 1.55 bits per heavy atom. The Kier molecular flexibility index (Phi) is 11.2. The number of halogens is 1. The number of hydrogen-bond donors (Lipinski definition) is 2. The Bertz CT molecular complexity index is 117. The number of carbonyl (C=O) groups is 1. The van der Waals surface area contributed by atoms with Crippen LogP contribution in [-0.2, 0) is 4.79 Å². The first kappa shape index (κ1) is 13.1. The van der Waals surface area contributed by atoms with Crippen molar-refractivity contribution in [3.05, 3.63) is 12.7 Å². The molecule has 0 rings (SSSR count). The zero-order valence-electron chi connectivity index (χ0n) is 6.72. The molecule has 0 aromatic heterocycles. The minimum absolute atomic E-state index is 0. The van der Waals surface area contributed by atoms with Crippen LogP contribution in [0.4, 0.5) is 0 Å². The maximum absolute atomic E-state index is 10.5. The number of hydrogen-bond acceptors (Lipinski definition) is 2. The maximum atomic E-state index is 10.5. The molecule has 1 amide bonds. The Morgan fingerprint density at radius 3 is 2.64 bits per heavy atom. The molecule has 0 saturated carbocycles. The van der Waals surface area contributed by atoms with E-state index in [-0.39, 0.29) is 18.3 Å². The highest BCUT2D eigenvalue weighted by Gasteiger charge is 1.89. The van der Waals surface area contributed by atoms with Crippen molar-refractivity contribution in [2.45, 2.75) is 6.92 Å². The lowest BCUT2D eigenvalue weighted by Crippen LogP contribution is -2.30. The standard InChI is InChI=1S/C7H14N2O.ClH/c1-3-7(10)9-6-5-8-4-2;/h3,8H,1,4-6H2,2H3,(H,9,10);1H. The van der Waals surface area contributed by atoms with E-state index in [4.69, 9.17) is 0 Å². The largest absolute Gasteiger partial charge is 0.351 e. The lowest BCUT2D eigenvalue weighted by Gasteiger charge is -2.01. The fraction of sp³-hybridized carbons (Fsp3) is 0.571. The summed E-state index contributed by atoms with van der Waals surface area (Å²) < 4.78 is 0. The van der Waals surface area contributed by atoms with Gasteiger partial charge in [0.1, 0.15) is 0 Å². The van der Waals surface area contributed by atoms with Crippen LogP contribution in [0.2, 0.25) is 0 Å². The van der Waals surface area contributed by atoms with Gasteiger partial charge < -0.3 is 10.6 Å². The van der Waals surface area contributed by atoms with Crippen molar-refractivity contribution in [2.75, 3.05) is 19.6 Å². The average Bonchev–Trinajstić information content (AvgIpc) is 1.98. The molecule has 0 atom stereocenters. The van der Waals surface area contributed by atoms with E-state index in [9.17, 15) is 4.79 Å². The zero-order valence-corrected chi connectivity index (χ0v) is 7.54. The smallest absolute Gasteiger partial charge is 0.243 e. The Balaban J connectivity index is 0. The van der Waals surface area contributed by atoms with E-state index in [0.29, 0.717) is 6.54 Å². The molecule has 0 aliphatic rings. The molecule has 4 heteroatoms. The molecular weight excluding hydrogens is 164 g/mol. The van der Waals surface area contributed by atoms with Crippen LogP contribution in [0.25, 0.3) is 0 Å². The van der Waals surface area contributed by atoms with Gasteiger partial charge in [-0.1, -0.05) is 13.5 Å². The van der Waals surface area contributed by atoms with Crippen molar-refractivity contribution < 1.29 is 4.79 Å². The number of carbonyl (C=O) groups excluding carboxylic acids is 1. The van der Waals surface area contributed by atoms with Gasteiger partial charge in [-0.3, -0.25) is 4.79 Å². The molecule has 0 radical (unpaired) electrons. The second kappa shape index (κ2) is 9.46. The zero-order chi connectivity index (χ0) is 7.82. The van der Waals surface area contributed by atoms with Crippen molar-refractivity contribution in [3.8, 4) is 0 Å². The molecule has 0 aromatic carbocycles. The van der Waals surface area contributed by atoms with Gasteiger partial charge in [0.15, 0.2) is 0 Å². The van der Waals surface area contributed by atoms with Gasteiger partial charge in [-0.25, -0.2) is 0 Å². The first-order chi connectivity index (χ1) is 4.81. The van der Waals surface area contributed by atoms with E-state index in [1.165, 1.54) is 6.08 Å². The van der Waals surface area contributed by atoms with Crippen LogP contribution in [0, 0.1) is 0 Å². The summed E-state index contributed by atoms with van der Waals surface area (Å²) >= 11 is 0. The van der Waals surface area contributed by atoms with E-state index in [2.05, 4.69) is 17.2 Å². The molecule has 0 spiro atoms. The number of rotatable bonds is 5. The van der Waals surface area contributed by atoms with Crippen molar-refractivity contribution in [3.63, 3.8) is 0 Å². The van der Waals surface area contributed by atoms with Crippen molar-refractivity contribution in [1.29, 1.82) is 0 Å². The molecule has 0 aliphatic heterocycles. The molecule has 0 aromatic rings. The number of likely N-dealkylation sites (N-methyl/N-ethyl adjacent to an activating group) is 1. The molecule has 0 fully saturated rings. The SMILES string of the molecule is C=CC(=O)NCCNCC.Cl. The summed E-state index contributed by atoms with van der Waals surface area (Å²) in [6.45, 7) is 7.77. The van der Waals surface area contributed by atoms with E-state index in [1.54, 1.807) is 0 Å². The van der Waals surface area contributed by atoms with E-state index in [1.807, 2.05) is 6.92 Å². The number of amides is 1. The molecule has 11 heavy (non-hydrogen) atoms. The molecule has 2 N–H and O–H groups in total. The highest BCUT2D eigenvalue weighted by molar-refractivity contribution is 5.86. The quantitative estimate of drug-likeness (QED) is 0.471. The topological polar surface area (TPSA) is 41.1 Å². The van der Waals surface area contributed by atoms with Gasteiger partial charge in [0.25, 0.3) is 0 Å². The Morgan fingerprint density at radius 2 is 2.18 bits per heavy atom. The first-order valence-electron chi connectivity index (χ1n) is 3.42. The first-order valence-corrected chi connectivity index (χ1v) is 3.42. The summed E-state index contributed by atoms with van der Waals surface area (Å²) in [6, 6.07) is 0. The van der Waals surface area contributed by atoms with Crippen LogP contribution in [0.3, 0.4) is 0 Å². The minimum Gasteiger partial charge on any atom is -0.351 e. The van der Waals surface area contributed by atoms with E-state index >= 15 is 0 Å². The monoisotopic (exact) mass is 178 g/mol. The lowest BCUT2D eigenvalue weighted by atomic mass is 10.5. The molecule has 0 saturated heterocycles. The van der Waals surface area contributed by atoms with Gasteiger partial charge in [-0.15, -0.1) is 12.4 Å². The van der Waals surface area contributed by atoms with Gasteiger partial charge in [-0.05, 0) is 12.6 Å². The summed E-state index contributed by atoms with van der Waals surface area (Å²) in [5.74, 6) is -0.113. The third-order valence-corrected chi connectivity index (χ3v) is 1.04. The normalized spacial score (nSPS) is 8.09. The molecule has 0 heterocycles. The van der Waals surface area contributed by atoms with Gasteiger partial charge in [0.05, 0.1) is 0 Å². The van der Waals surface area contributed by atoms with Gasteiger partial charge in [0.2, 0.25) is 5.91 Å². The summed E-state index contributed by atoms with van der Waals surface area (Å²) in [7, 11) is 0. The fourth-order valence-corrected chi connectivity index (χ4v) is 0.523. The highest BCUT2D eigenvalue weighted by Crippen LogP contribution is 1.64. The molecule has 0 aliphatic carbocycles.